The van der Waals surface area contributed by atoms with E-state index in [9.17, 15) is 27.9 Å². The molecule has 0 heterocycles. The summed E-state index contributed by atoms with van der Waals surface area (Å²) in [7, 11) is 0. The number of hydrogen-bond acceptors (Lipinski definition) is 3. The summed E-state index contributed by atoms with van der Waals surface area (Å²) in [5.41, 5.74) is -3.45. The van der Waals surface area contributed by atoms with Crippen LogP contribution in [0, 0.1) is 11.3 Å². The smallest absolute Gasteiger partial charge is 0.428 e. The van der Waals surface area contributed by atoms with Gasteiger partial charge in [0.25, 0.3) is 0 Å². The Morgan fingerprint density at radius 2 is 2.00 bits per heavy atom. The quantitative estimate of drug-likeness (QED) is 0.498. The molecule has 26 heavy (non-hydrogen) atoms. The number of aliphatic carboxylic acids is 1. The first-order valence-electron chi connectivity index (χ1n) is 8.75. The largest absolute Gasteiger partial charge is 0.480 e. The molecule has 1 aliphatic carbocycles. The lowest BCUT2D eigenvalue weighted by molar-refractivity contribution is -0.271. The number of unbranched alkanes of at least 4 members (excludes halogenated alkanes) is 1. The van der Waals surface area contributed by atoms with Crippen LogP contribution in [-0.2, 0) is 9.53 Å². The number of halogens is 3. The maximum atomic E-state index is 13.8. The van der Waals surface area contributed by atoms with Gasteiger partial charge in [-0.3, -0.25) is 0 Å². The highest BCUT2D eigenvalue weighted by atomic mass is 19.4. The van der Waals surface area contributed by atoms with Crippen molar-refractivity contribution in [2.75, 3.05) is 0 Å². The number of carbonyl (C=O) groups is 2. The van der Waals surface area contributed by atoms with E-state index in [0.29, 0.717) is 25.7 Å². The summed E-state index contributed by atoms with van der Waals surface area (Å²) in [5, 5.41) is 11.3. The van der Waals surface area contributed by atoms with Crippen molar-refractivity contribution in [2.45, 2.75) is 77.1 Å². The molecule has 5 nitrogen and oxygen atoms in total. The highest BCUT2D eigenvalue weighted by molar-refractivity contribution is 5.80. The van der Waals surface area contributed by atoms with Crippen molar-refractivity contribution in [3.05, 3.63) is 12.7 Å². The van der Waals surface area contributed by atoms with Crippen molar-refractivity contribution in [2.24, 2.45) is 11.3 Å². The second-order valence-corrected chi connectivity index (χ2v) is 7.87. The monoisotopic (exact) mass is 379 g/mol. The second-order valence-electron chi connectivity index (χ2n) is 7.87. The van der Waals surface area contributed by atoms with Gasteiger partial charge < -0.3 is 15.2 Å². The van der Waals surface area contributed by atoms with Crippen LogP contribution in [0.2, 0.25) is 0 Å². The van der Waals surface area contributed by atoms with Gasteiger partial charge in [0.05, 0.1) is 0 Å². The summed E-state index contributed by atoms with van der Waals surface area (Å²) in [6, 6.07) is -1.36. The molecule has 3 atom stereocenters. The number of nitrogens with one attached hydrogen (secondary N) is 1. The van der Waals surface area contributed by atoms with Crippen molar-refractivity contribution in [3.8, 4) is 0 Å². The van der Waals surface area contributed by atoms with Gasteiger partial charge in [0, 0.05) is 5.92 Å². The van der Waals surface area contributed by atoms with Gasteiger partial charge in [-0.25, -0.2) is 9.59 Å². The minimum absolute atomic E-state index is 0.264. The van der Waals surface area contributed by atoms with Crippen LogP contribution in [0.1, 0.15) is 59.3 Å². The molecule has 150 valence electrons. The fraction of sp³-hybridized carbons (Fsp3) is 0.778. The van der Waals surface area contributed by atoms with Gasteiger partial charge in [0.1, 0.15) is 6.04 Å². The van der Waals surface area contributed by atoms with Gasteiger partial charge in [-0.2, -0.15) is 13.2 Å². The Labute approximate surface area is 152 Å². The Kier molecular flexibility index (Phi) is 7.13. The Bertz CT molecular complexity index is 528. The molecule has 0 aromatic heterocycles. The van der Waals surface area contributed by atoms with Crippen molar-refractivity contribution >= 4 is 12.1 Å². The van der Waals surface area contributed by atoms with E-state index in [-0.39, 0.29) is 12.8 Å². The molecule has 0 aliphatic heterocycles. The standard InChI is InChI=1S/C18H28F3NO4/c1-5-6-7-9-12-10-8-11-17(12,18(19,20)21)26-15(25)22-13(14(23)24)16(2,3)4/h5,12-13H,1,6-11H2,2-4H3,(H,22,25)(H,23,24). The summed E-state index contributed by atoms with van der Waals surface area (Å²) in [6.07, 6.45) is -2.76. The molecule has 3 unspecified atom stereocenters. The third-order valence-corrected chi connectivity index (χ3v) is 4.85. The highest BCUT2D eigenvalue weighted by Gasteiger charge is 2.64. The summed E-state index contributed by atoms with van der Waals surface area (Å²) >= 11 is 0. The van der Waals surface area contributed by atoms with E-state index in [1.807, 2.05) is 0 Å². The van der Waals surface area contributed by atoms with Gasteiger partial charge in [0.2, 0.25) is 5.60 Å². The molecule has 0 aromatic carbocycles. The molecule has 1 fully saturated rings. The molecular formula is C18H28F3NO4. The number of alkyl carbamates (subject to hydrolysis) is 1. The van der Waals surface area contributed by atoms with E-state index >= 15 is 0 Å². The van der Waals surface area contributed by atoms with Crippen molar-refractivity contribution in [1.29, 1.82) is 0 Å². The van der Waals surface area contributed by atoms with Crippen LogP contribution in [0.25, 0.3) is 0 Å². The minimum atomic E-state index is -4.72. The summed E-state index contributed by atoms with van der Waals surface area (Å²) < 4.78 is 46.4. The Morgan fingerprint density at radius 3 is 2.46 bits per heavy atom. The zero-order chi connectivity index (χ0) is 20.2. The summed E-state index contributed by atoms with van der Waals surface area (Å²) in [5.74, 6) is -2.17. The molecular weight excluding hydrogens is 351 g/mol. The fourth-order valence-electron chi connectivity index (χ4n) is 3.46. The number of alkyl halides is 3. The van der Waals surface area contributed by atoms with Crippen LogP contribution < -0.4 is 5.32 Å². The minimum Gasteiger partial charge on any atom is -0.480 e. The molecule has 0 spiro atoms. The Hall–Kier alpha value is -1.73. The van der Waals surface area contributed by atoms with E-state index in [4.69, 9.17) is 4.74 Å². The van der Waals surface area contributed by atoms with E-state index in [1.54, 1.807) is 26.8 Å². The lowest BCUT2D eigenvalue weighted by atomic mass is 9.85. The third-order valence-electron chi connectivity index (χ3n) is 4.85. The Morgan fingerprint density at radius 1 is 1.38 bits per heavy atom. The Balaban J connectivity index is 2.98. The van der Waals surface area contributed by atoms with Gasteiger partial charge in [-0.15, -0.1) is 6.58 Å². The van der Waals surface area contributed by atoms with Crippen LogP contribution in [0.15, 0.2) is 12.7 Å². The van der Waals surface area contributed by atoms with Crippen molar-refractivity contribution in [3.63, 3.8) is 0 Å². The van der Waals surface area contributed by atoms with Crippen LogP contribution in [-0.4, -0.2) is 35.0 Å². The van der Waals surface area contributed by atoms with Crippen LogP contribution in [0.4, 0.5) is 18.0 Å². The molecule has 1 amide bonds. The number of carboxylic acids is 1. The predicted molar refractivity (Wildman–Crippen MR) is 90.7 cm³/mol. The molecule has 0 aromatic rings. The highest BCUT2D eigenvalue weighted by Crippen LogP contribution is 2.51. The SMILES string of the molecule is C=CCCCC1CCCC1(OC(=O)NC(C(=O)O)C(C)(C)C)C(F)(F)F. The third kappa shape index (κ3) is 5.14. The molecule has 0 radical (unpaired) electrons. The zero-order valence-electron chi connectivity index (χ0n) is 15.5. The van der Waals surface area contributed by atoms with E-state index in [0.717, 1.165) is 0 Å². The molecule has 1 rings (SSSR count). The lowest BCUT2D eigenvalue weighted by Gasteiger charge is -2.37. The number of allylic oxidation sites excluding steroid dienone is 1. The first-order valence-corrected chi connectivity index (χ1v) is 8.75. The molecule has 1 saturated carbocycles. The predicted octanol–water partition coefficient (Wildman–Crippen LogP) is 4.67. The van der Waals surface area contributed by atoms with Crippen molar-refractivity contribution in [1.82, 2.24) is 5.32 Å². The average Bonchev–Trinajstić information content (AvgIpc) is 2.87. The fourth-order valence-corrected chi connectivity index (χ4v) is 3.46. The number of amides is 1. The van der Waals surface area contributed by atoms with Gasteiger partial charge in [-0.05, 0) is 43.9 Å². The topological polar surface area (TPSA) is 75.6 Å². The normalized spacial score (nSPS) is 24.8. The number of rotatable bonds is 7. The number of carbonyl (C=O) groups excluding carboxylic acids is 1. The first kappa shape index (κ1) is 22.3. The van der Waals surface area contributed by atoms with E-state index < -0.39 is 41.2 Å². The zero-order valence-corrected chi connectivity index (χ0v) is 15.5. The lowest BCUT2D eigenvalue weighted by Crippen LogP contribution is -2.56. The molecule has 8 heteroatoms. The number of ether oxygens (including phenoxy) is 1. The summed E-state index contributed by atoms with van der Waals surface area (Å²) in [6.45, 7) is 8.26. The number of carboxylic acid groups (broad SMARTS) is 1. The average molecular weight is 379 g/mol. The van der Waals surface area contributed by atoms with Crippen LogP contribution in [0.5, 0.6) is 0 Å². The maximum absolute atomic E-state index is 13.8. The summed E-state index contributed by atoms with van der Waals surface area (Å²) in [4.78, 5) is 23.5. The van der Waals surface area contributed by atoms with Gasteiger partial charge in [-0.1, -0.05) is 26.8 Å². The van der Waals surface area contributed by atoms with Gasteiger partial charge in [0.15, 0.2) is 0 Å². The first-order chi connectivity index (χ1) is 11.8. The van der Waals surface area contributed by atoms with E-state index in [1.165, 1.54) is 0 Å². The molecule has 1 aliphatic rings. The van der Waals surface area contributed by atoms with Crippen LogP contribution >= 0.6 is 0 Å². The van der Waals surface area contributed by atoms with Crippen LogP contribution in [0.3, 0.4) is 0 Å². The maximum Gasteiger partial charge on any atom is 0.428 e. The molecule has 2 N–H and O–H groups in total. The molecule has 0 bridgehead atoms. The van der Waals surface area contributed by atoms with E-state index in [2.05, 4.69) is 11.9 Å². The number of hydrogen-bond donors (Lipinski definition) is 2. The van der Waals surface area contributed by atoms with Gasteiger partial charge >= 0.3 is 18.2 Å². The second kappa shape index (κ2) is 8.31. The molecule has 0 saturated heterocycles. The van der Waals surface area contributed by atoms with Crippen molar-refractivity contribution < 1.29 is 32.6 Å².